The number of thiophene rings is 1. The van der Waals surface area contributed by atoms with Crippen molar-refractivity contribution in [2.24, 2.45) is 0 Å². The van der Waals surface area contributed by atoms with Gasteiger partial charge in [0.25, 0.3) is 0 Å². The zero-order chi connectivity index (χ0) is 14.9. The zero-order valence-electron chi connectivity index (χ0n) is 11.4. The predicted octanol–water partition coefficient (Wildman–Crippen LogP) is 2.15. The maximum absolute atomic E-state index is 11.8. The molecule has 7 heteroatoms. The standard InChI is InChI=1S/C13H14N2O4S/c1-4-19-12(16)7-5-8-9(14)10(13(17)18-3)20-11(8)15-6(7)2/h5H,4,14H2,1-3H3. The smallest absolute Gasteiger partial charge is 0.350 e. The molecule has 0 spiro atoms. The number of carbonyl (C=O) groups is 2. The molecule has 106 valence electrons. The van der Waals surface area contributed by atoms with E-state index in [-0.39, 0.29) is 17.2 Å². The highest BCUT2D eigenvalue weighted by Gasteiger charge is 2.21. The lowest BCUT2D eigenvalue weighted by Gasteiger charge is -2.05. The maximum atomic E-state index is 11.8. The number of hydrogen-bond donors (Lipinski definition) is 1. The summed E-state index contributed by atoms with van der Waals surface area (Å²) in [5, 5.41) is 0.559. The van der Waals surface area contributed by atoms with E-state index in [9.17, 15) is 9.59 Å². The largest absolute Gasteiger partial charge is 0.465 e. The Morgan fingerprint density at radius 2 is 2.10 bits per heavy atom. The summed E-state index contributed by atoms with van der Waals surface area (Å²) in [4.78, 5) is 28.6. The maximum Gasteiger partial charge on any atom is 0.350 e. The molecule has 2 aromatic rings. The Labute approximate surface area is 119 Å². The van der Waals surface area contributed by atoms with E-state index < -0.39 is 11.9 Å². The number of anilines is 1. The summed E-state index contributed by atoms with van der Waals surface area (Å²) in [6.45, 7) is 3.72. The van der Waals surface area contributed by atoms with Crippen LogP contribution in [0.1, 0.15) is 32.6 Å². The van der Waals surface area contributed by atoms with Gasteiger partial charge in [-0.1, -0.05) is 0 Å². The van der Waals surface area contributed by atoms with Crippen LogP contribution in [0.4, 0.5) is 5.69 Å². The number of ether oxygens (including phenoxy) is 2. The summed E-state index contributed by atoms with van der Waals surface area (Å²) in [5.74, 6) is -0.967. The minimum atomic E-state index is -0.513. The van der Waals surface area contributed by atoms with Crippen LogP contribution in [0, 0.1) is 6.92 Å². The number of aromatic nitrogens is 1. The molecule has 0 radical (unpaired) electrons. The fraction of sp³-hybridized carbons (Fsp3) is 0.308. The van der Waals surface area contributed by atoms with Gasteiger partial charge in [-0.3, -0.25) is 0 Å². The molecule has 2 heterocycles. The molecule has 2 N–H and O–H groups in total. The van der Waals surface area contributed by atoms with E-state index in [1.54, 1.807) is 19.9 Å². The van der Waals surface area contributed by atoms with Crippen molar-refractivity contribution in [1.29, 1.82) is 0 Å². The van der Waals surface area contributed by atoms with Crippen LogP contribution in [-0.4, -0.2) is 30.6 Å². The first-order chi connectivity index (χ1) is 9.49. The van der Waals surface area contributed by atoms with E-state index >= 15 is 0 Å². The van der Waals surface area contributed by atoms with Crippen molar-refractivity contribution < 1.29 is 19.1 Å². The van der Waals surface area contributed by atoms with Crippen molar-refractivity contribution in [2.45, 2.75) is 13.8 Å². The van der Waals surface area contributed by atoms with Crippen LogP contribution in [0.2, 0.25) is 0 Å². The van der Waals surface area contributed by atoms with Gasteiger partial charge in [-0.25, -0.2) is 14.6 Å². The van der Waals surface area contributed by atoms with Crippen LogP contribution in [0.3, 0.4) is 0 Å². The minimum Gasteiger partial charge on any atom is -0.465 e. The third kappa shape index (κ3) is 2.32. The Balaban J connectivity index is 2.61. The highest BCUT2D eigenvalue weighted by atomic mass is 32.1. The lowest BCUT2D eigenvalue weighted by atomic mass is 10.1. The second kappa shape index (κ2) is 5.46. The van der Waals surface area contributed by atoms with Crippen molar-refractivity contribution in [3.63, 3.8) is 0 Å². The molecule has 0 aliphatic rings. The number of nitrogen functional groups attached to an aromatic ring is 1. The molecule has 0 aliphatic carbocycles. The number of nitrogens with two attached hydrogens (primary N) is 1. The van der Waals surface area contributed by atoms with Gasteiger partial charge >= 0.3 is 11.9 Å². The number of aryl methyl sites for hydroxylation is 1. The van der Waals surface area contributed by atoms with Gasteiger partial charge in [-0.15, -0.1) is 11.3 Å². The first kappa shape index (κ1) is 14.3. The number of esters is 2. The molecule has 2 rings (SSSR count). The van der Waals surface area contributed by atoms with E-state index in [4.69, 9.17) is 10.5 Å². The van der Waals surface area contributed by atoms with Crippen molar-refractivity contribution in [1.82, 2.24) is 4.98 Å². The Morgan fingerprint density at radius 1 is 1.40 bits per heavy atom. The summed E-state index contributed by atoms with van der Waals surface area (Å²) in [6.07, 6.45) is 0. The molecule has 0 unspecified atom stereocenters. The molecular weight excluding hydrogens is 280 g/mol. The van der Waals surface area contributed by atoms with Crippen molar-refractivity contribution in [2.75, 3.05) is 19.5 Å². The van der Waals surface area contributed by atoms with Gasteiger partial charge in [0, 0.05) is 5.39 Å². The van der Waals surface area contributed by atoms with E-state index in [1.165, 1.54) is 7.11 Å². The minimum absolute atomic E-state index is 0.273. The van der Waals surface area contributed by atoms with Crippen LogP contribution in [-0.2, 0) is 9.47 Å². The third-order valence-corrected chi connectivity index (χ3v) is 3.87. The van der Waals surface area contributed by atoms with Gasteiger partial charge in [0.2, 0.25) is 0 Å². The molecule has 0 atom stereocenters. The second-order valence-corrected chi connectivity index (χ2v) is 5.03. The molecule has 0 aromatic carbocycles. The molecule has 0 saturated heterocycles. The summed E-state index contributed by atoms with van der Waals surface area (Å²) in [7, 11) is 1.29. The first-order valence-electron chi connectivity index (χ1n) is 5.94. The Bertz CT molecular complexity index is 693. The quantitative estimate of drug-likeness (QED) is 0.872. The van der Waals surface area contributed by atoms with Crippen LogP contribution >= 0.6 is 11.3 Å². The van der Waals surface area contributed by atoms with E-state index in [2.05, 4.69) is 9.72 Å². The fourth-order valence-corrected chi connectivity index (χ4v) is 2.83. The summed E-state index contributed by atoms with van der Waals surface area (Å²) in [5.41, 5.74) is 7.08. The lowest BCUT2D eigenvalue weighted by Crippen LogP contribution is -2.07. The summed E-state index contributed by atoms with van der Waals surface area (Å²) >= 11 is 1.14. The number of pyridine rings is 1. The SMILES string of the molecule is CCOC(=O)c1cc2c(N)c(C(=O)OC)sc2nc1C. The summed E-state index contributed by atoms with van der Waals surface area (Å²) in [6, 6.07) is 1.61. The van der Waals surface area contributed by atoms with Crippen LogP contribution in [0.25, 0.3) is 10.2 Å². The Morgan fingerprint density at radius 3 is 2.70 bits per heavy atom. The zero-order valence-corrected chi connectivity index (χ0v) is 12.2. The Kier molecular flexibility index (Phi) is 3.89. The highest BCUT2D eigenvalue weighted by Crippen LogP contribution is 2.34. The molecule has 0 aliphatic heterocycles. The molecule has 2 aromatic heterocycles. The second-order valence-electron chi connectivity index (χ2n) is 4.03. The van der Waals surface area contributed by atoms with Gasteiger partial charge in [0.05, 0.1) is 30.7 Å². The fourth-order valence-electron chi connectivity index (χ4n) is 1.79. The van der Waals surface area contributed by atoms with Crippen molar-refractivity contribution in [3.05, 3.63) is 22.2 Å². The van der Waals surface area contributed by atoms with Crippen molar-refractivity contribution >= 4 is 39.2 Å². The average molecular weight is 294 g/mol. The number of carbonyl (C=O) groups excluding carboxylic acids is 2. The molecule has 0 fully saturated rings. The highest BCUT2D eigenvalue weighted by molar-refractivity contribution is 7.21. The van der Waals surface area contributed by atoms with Crippen LogP contribution in [0.5, 0.6) is 0 Å². The third-order valence-electron chi connectivity index (χ3n) is 2.78. The van der Waals surface area contributed by atoms with E-state index in [0.29, 0.717) is 21.5 Å². The van der Waals surface area contributed by atoms with E-state index in [0.717, 1.165) is 11.3 Å². The number of methoxy groups -OCH3 is 1. The molecule has 0 amide bonds. The van der Waals surface area contributed by atoms with Gasteiger partial charge in [0.1, 0.15) is 9.71 Å². The van der Waals surface area contributed by atoms with E-state index in [1.807, 2.05) is 0 Å². The number of fused-ring (bicyclic) bond motifs is 1. The topological polar surface area (TPSA) is 91.5 Å². The van der Waals surface area contributed by atoms with Crippen LogP contribution in [0.15, 0.2) is 6.07 Å². The van der Waals surface area contributed by atoms with Crippen LogP contribution < -0.4 is 5.73 Å². The molecule has 6 nitrogen and oxygen atoms in total. The molecule has 0 bridgehead atoms. The summed E-state index contributed by atoms with van der Waals surface area (Å²) < 4.78 is 9.63. The number of rotatable bonds is 3. The van der Waals surface area contributed by atoms with Gasteiger partial charge in [0.15, 0.2) is 0 Å². The van der Waals surface area contributed by atoms with Gasteiger partial charge in [-0.05, 0) is 19.9 Å². The normalized spacial score (nSPS) is 10.6. The number of nitrogens with zero attached hydrogens (tertiary/aromatic N) is 1. The number of hydrogen-bond acceptors (Lipinski definition) is 7. The van der Waals surface area contributed by atoms with Crippen molar-refractivity contribution in [3.8, 4) is 0 Å². The van der Waals surface area contributed by atoms with Gasteiger partial charge in [-0.2, -0.15) is 0 Å². The molecular formula is C13H14N2O4S. The predicted molar refractivity (Wildman–Crippen MR) is 76.1 cm³/mol. The first-order valence-corrected chi connectivity index (χ1v) is 6.76. The monoisotopic (exact) mass is 294 g/mol. The Hall–Kier alpha value is -2.15. The average Bonchev–Trinajstić information content (AvgIpc) is 2.74. The lowest BCUT2D eigenvalue weighted by molar-refractivity contribution is 0.0524. The molecule has 0 saturated carbocycles. The van der Waals surface area contributed by atoms with Gasteiger partial charge < -0.3 is 15.2 Å². The molecule has 20 heavy (non-hydrogen) atoms.